The predicted molar refractivity (Wildman–Crippen MR) is 72.7 cm³/mol. The van der Waals surface area contributed by atoms with E-state index >= 15 is 0 Å². The molecular formula is C11H8ClN5O4. The first-order valence-electron chi connectivity index (χ1n) is 5.43. The molecule has 0 unspecified atom stereocenters. The Bertz CT molecular complexity index is 704. The van der Waals surface area contributed by atoms with Crippen LogP contribution < -0.4 is 10.5 Å². The SMILES string of the molecule is NC(=NO)c1cnc(Oc2cc([N+](=O)[O-])ccc2Cl)cn1. The molecule has 2 rings (SSSR count). The second-order valence-corrected chi connectivity index (χ2v) is 4.11. The number of nitrogens with two attached hydrogens (primary N) is 1. The molecule has 0 bridgehead atoms. The fourth-order valence-corrected chi connectivity index (χ4v) is 1.51. The molecule has 0 aliphatic rings. The third-order valence-electron chi connectivity index (χ3n) is 2.34. The summed E-state index contributed by atoms with van der Waals surface area (Å²) in [5.41, 5.74) is 5.31. The van der Waals surface area contributed by atoms with E-state index in [0.29, 0.717) is 0 Å². The van der Waals surface area contributed by atoms with Gasteiger partial charge in [0.1, 0.15) is 5.69 Å². The molecule has 0 fully saturated rings. The van der Waals surface area contributed by atoms with Crippen LogP contribution in [0.15, 0.2) is 35.7 Å². The number of nitro groups is 1. The molecule has 1 aromatic carbocycles. The molecule has 0 radical (unpaired) electrons. The summed E-state index contributed by atoms with van der Waals surface area (Å²) >= 11 is 5.89. The van der Waals surface area contributed by atoms with Crippen LogP contribution in [0.3, 0.4) is 0 Å². The van der Waals surface area contributed by atoms with Gasteiger partial charge in [-0.1, -0.05) is 16.8 Å². The molecule has 1 heterocycles. The number of non-ortho nitro benzene ring substituents is 1. The fourth-order valence-electron chi connectivity index (χ4n) is 1.35. The molecule has 2 aromatic rings. The molecule has 0 aliphatic carbocycles. The lowest BCUT2D eigenvalue weighted by Gasteiger charge is -2.06. The molecule has 0 saturated carbocycles. The lowest BCUT2D eigenvalue weighted by Crippen LogP contribution is -2.15. The zero-order valence-electron chi connectivity index (χ0n) is 10.3. The molecule has 3 N–H and O–H groups in total. The van der Waals surface area contributed by atoms with Crippen molar-refractivity contribution in [2.24, 2.45) is 10.9 Å². The van der Waals surface area contributed by atoms with Crippen molar-refractivity contribution in [1.29, 1.82) is 0 Å². The molecule has 0 aliphatic heterocycles. The molecule has 0 amide bonds. The van der Waals surface area contributed by atoms with Crippen molar-refractivity contribution >= 4 is 23.1 Å². The Morgan fingerprint density at radius 2 is 2.19 bits per heavy atom. The number of nitro benzene ring substituents is 1. The van der Waals surface area contributed by atoms with E-state index in [1.54, 1.807) is 0 Å². The Labute approximate surface area is 122 Å². The lowest BCUT2D eigenvalue weighted by atomic mass is 10.3. The third-order valence-corrected chi connectivity index (χ3v) is 2.65. The van der Waals surface area contributed by atoms with Gasteiger partial charge in [0.15, 0.2) is 11.6 Å². The van der Waals surface area contributed by atoms with Gasteiger partial charge >= 0.3 is 0 Å². The van der Waals surface area contributed by atoms with E-state index in [1.165, 1.54) is 30.6 Å². The second-order valence-electron chi connectivity index (χ2n) is 3.70. The van der Waals surface area contributed by atoms with Gasteiger partial charge in [-0.2, -0.15) is 0 Å². The van der Waals surface area contributed by atoms with Crippen molar-refractivity contribution in [2.45, 2.75) is 0 Å². The van der Waals surface area contributed by atoms with Gasteiger partial charge in [-0.05, 0) is 6.07 Å². The molecule has 1 aromatic heterocycles. The quantitative estimate of drug-likeness (QED) is 0.289. The van der Waals surface area contributed by atoms with E-state index in [1.807, 2.05) is 0 Å². The summed E-state index contributed by atoms with van der Waals surface area (Å²) < 4.78 is 5.32. The molecule has 9 nitrogen and oxygen atoms in total. The Balaban J connectivity index is 2.26. The zero-order chi connectivity index (χ0) is 15.4. The van der Waals surface area contributed by atoms with Gasteiger partial charge in [0.25, 0.3) is 5.69 Å². The highest BCUT2D eigenvalue weighted by Crippen LogP contribution is 2.31. The minimum Gasteiger partial charge on any atom is -0.436 e. The summed E-state index contributed by atoms with van der Waals surface area (Å²) in [6, 6.07) is 3.76. The summed E-state index contributed by atoms with van der Waals surface area (Å²) in [4.78, 5) is 17.9. The number of halogens is 1. The molecule has 0 atom stereocenters. The van der Waals surface area contributed by atoms with Crippen LogP contribution >= 0.6 is 11.6 Å². The number of hydrogen-bond donors (Lipinski definition) is 2. The van der Waals surface area contributed by atoms with Crippen LogP contribution in [0.4, 0.5) is 5.69 Å². The maximum atomic E-state index is 10.7. The van der Waals surface area contributed by atoms with E-state index < -0.39 is 4.92 Å². The molecule has 0 saturated heterocycles. The van der Waals surface area contributed by atoms with Gasteiger partial charge in [0.2, 0.25) is 5.88 Å². The van der Waals surface area contributed by atoms with Gasteiger partial charge < -0.3 is 15.7 Å². The van der Waals surface area contributed by atoms with E-state index in [-0.39, 0.29) is 33.9 Å². The average molecular weight is 310 g/mol. The summed E-state index contributed by atoms with van der Waals surface area (Å²) in [5, 5.41) is 22.1. The highest BCUT2D eigenvalue weighted by atomic mass is 35.5. The topological polar surface area (TPSA) is 137 Å². The first kappa shape index (κ1) is 14.5. The van der Waals surface area contributed by atoms with Crippen LogP contribution in [-0.2, 0) is 0 Å². The van der Waals surface area contributed by atoms with Gasteiger partial charge in [0.05, 0.1) is 28.4 Å². The standard InChI is InChI=1S/C11H8ClN5O4/c12-7-2-1-6(17(19)20)3-9(7)21-10-5-14-8(4-15-10)11(13)16-18/h1-5,18H,(H2,13,16). The number of rotatable bonds is 4. The lowest BCUT2D eigenvalue weighted by molar-refractivity contribution is -0.384. The van der Waals surface area contributed by atoms with E-state index in [0.717, 1.165) is 0 Å². The van der Waals surface area contributed by atoms with E-state index in [2.05, 4.69) is 15.1 Å². The predicted octanol–water partition coefficient (Wildman–Crippen LogP) is 1.92. The first-order chi connectivity index (χ1) is 10.0. The van der Waals surface area contributed by atoms with Crippen LogP contribution in [0, 0.1) is 10.1 Å². The molecule has 21 heavy (non-hydrogen) atoms. The normalized spacial score (nSPS) is 11.2. The number of amidine groups is 1. The summed E-state index contributed by atoms with van der Waals surface area (Å²) in [6.45, 7) is 0. The van der Waals surface area contributed by atoms with Crippen LogP contribution in [0.5, 0.6) is 11.6 Å². The first-order valence-corrected chi connectivity index (χ1v) is 5.81. The van der Waals surface area contributed by atoms with Crippen molar-refractivity contribution in [2.75, 3.05) is 0 Å². The van der Waals surface area contributed by atoms with Crippen molar-refractivity contribution < 1.29 is 14.9 Å². The monoisotopic (exact) mass is 309 g/mol. The largest absolute Gasteiger partial charge is 0.436 e. The van der Waals surface area contributed by atoms with Crippen LogP contribution in [0.25, 0.3) is 0 Å². The molecule has 108 valence electrons. The van der Waals surface area contributed by atoms with Crippen molar-refractivity contribution in [3.63, 3.8) is 0 Å². The molecule has 10 heteroatoms. The Hall–Kier alpha value is -2.94. The number of hydrogen-bond acceptors (Lipinski definition) is 7. The summed E-state index contributed by atoms with van der Waals surface area (Å²) in [5.74, 6) is -0.0916. The van der Waals surface area contributed by atoms with Gasteiger partial charge in [-0.25, -0.2) is 9.97 Å². The number of oxime groups is 1. The Kier molecular flexibility index (Phi) is 4.14. The minimum atomic E-state index is -0.573. The van der Waals surface area contributed by atoms with Crippen LogP contribution in [0.1, 0.15) is 5.69 Å². The van der Waals surface area contributed by atoms with Crippen molar-refractivity contribution in [3.8, 4) is 11.6 Å². The maximum absolute atomic E-state index is 10.7. The van der Waals surface area contributed by atoms with E-state index in [4.69, 9.17) is 27.3 Å². The van der Waals surface area contributed by atoms with Gasteiger partial charge in [-0.3, -0.25) is 10.1 Å². The number of nitrogens with zero attached hydrogens (tertiary/aromatic N) is 4. The van der Waals surface area contributed by atoms with Crippen LogP contribution in [-0.4, -0.2) is 25.9 Å². The summed E-state index contributed by atoms with van der Waals surface area (Å²) in [7, 11) is 0. The highest BCUT2D eigenvalue weighted by molar-refractivity contribution is 6.32. The number of benzene rings is 1. The summed E-state index contributed by atoms with van der Waals surface area (Å²) in [6.07, 6.45) is 2.43. The average Bonchev–Trinajstić information content (AvgIpc) is 2.49. The van der Waals surface area contributed by atoms with Crippen LogP contribution in [0.2, 0.25) is 5.02 Å². The maximum Gasteiger partial charge on any atom is 0.273 e. The van der Waals surface area contributed by atoms with Crippen molar-refractivity contribution in [3.05, 3.63) is 51.4 Å². The van der Waals surface area contributed by atoms with E-state index in [9.17, 15) is 10.1 Å². The Morgan fingerprint density at radius 3 is 2.76 bits per heavy atom. The zero-order valence-corrected chi connectivity index (χ0v) is 11.1. The highest BCUT2D eigenvalue weighted by Gasteiger charge is 2.12. The second kappa shape index (κ2) is 6.01. The van der Waals surface area contributed by atoms with Crippen molar-refractivity contribution in [1.82, 2.24) is 9.97 Å². The number of ether oxygens (including phenoxy) is 1. The number of aromatic nitrogens is 2. The smallest absolute Gasteiger partial charge is 0.273 e. The molecular weight excluding hydrogens is 302 g/mol. The van der Waals surface area contributed by atoms with Gasteiger partial charge in [0, 0.05) is 6.07 Å². The third kappa shape index (κ3) is 3.34. The Morgan fingerprint density at radius 1 is 1.43 bits per heavy atom. The minimum absolute atomic E-state index is 0.0480. The molecule has 0 spiro atoms. The fraction of sp³-hybridized carbons (Fsp3) is 0. The van der Waals surface area contributed by atoms with Gasteiger partial charge in [-0.15, -0.1) is 0 Å².